The lowest BCUT2D eigenvalue weighted by Crippen LogP contribution is -2.28. The molecule has 1 aromatic heterocycles. The minimum absolute atomic E-state index is 0.114. The molecule has 5 nitrogen and oxygen atoms in total. The number of benzene rings is 1. The summed E-state index contributed by atoms with van der Waals surface area (Å²) < 4.78 is 39.6. The third-order valence-electron chi connectivity index (χ3n) is 3.41. The van der Waals surface area contributed by atoms with Gasteiger partial charge in [-0.3, -0.25) is 9.36 Å². The number of pyridine rings is 1. The van der Waals surface area contributed by atoms with Crippen molar-refractivity contribution in [2.45, 2.75) is 13.1 Å². The zero-order valence-electron chi connectivity index (χ0n) is 12.9. The zero-order valence-corrected chi connectivity index (χ0v) is 12.9. The maximum absolute atomic E-state index is 12.9. The Balaban J connectivity index is 2.83. The molecule has 0 unspecified atom stereocenters. The van der Waals surface area contributed by atoms with Crippen LogP contribution >= 0.6 is 0 Å². The Labute approximate surface area is 140 Å². The van der Waals surface area contributed by atoms with Gasteiger partial charge in [0.05, 0.1) is 5.56 Å². The second kappa shape index (κ2) is 6.83. The molecule has 0 atom stereocenters. The molecule has 0 aliphatic carbocycles. The van der Waals surface area contributed by atoms with Crippen LogP contribution in [0.5, 0.6) is 0 Å². The molecule has 0 amide bonds. The SMILES string of the molecule is Cc1c(C#CCO)cc(C(=O)O)c(=O)n1-c1cccc(C(F)(F)F)c1. The normalized spacial score (nSPS) is 10.9. The maximum atomic E-state index is 12.9. The highest BCUT2D eigenvalue weighted by Gasteiger charge is 2.31. The summed E-state index contributed by atoms with van der Waals surface area (Å²) >= 11 is 0. The van der Waals surface area contributed by atoms with E-state index in [1.807, 2.05) is 0 Å². The van der Waals surface area contributed by atoms with Crippen LogP contribution in [-0.2, 0) is 6.18 Å². The van der Waals surface area contributed by atoms with Crippen molar-refractivity contribution in [3.63, 3.8) is 0 Å². The van der Waals surface area contributed by atoms with Crippen molar-refractivity contribution in [2.24, 2.45) is 0 Å². The summed E-state index contributed by atoms with van der Waals surface area (Å²) in [6, 6.07) is 5.02. The van der Waals surface area contributed by atoms with Crippen LogP contribution in [0.1, 0.15) is 27.2 Å². The number of aromatic carboxylic acids is 1. The fourth-order valence-electron chi connectivity index (χ4n) is 2.25. The molecule has 2 rings (SSSR count). The van der Waals surface area contributed by atoms with Crippen LogP contribution in [0.25, 0.3) is 5.69 Å². The topological polar surface area (TPSA) is 79.5 Å². The molecule has 1 aromatic carbocycles. The van der Waals surface area contributed by atoms with Gasteiger partial charge in [0, 0.05) is 16.9 Å². The summed E-state index contributed by atoms with van der Waals surface area (Å²) in [5.74, 6) is 3.29. The second-order valence-corrected chi connectivity index (χ2v) is 5.01. The van der Waals surface area contributed by atoms with Crippen LogP contribution in [0.3, 0.4) is 0 Å². The van der Waals surface area contributed by atoms with E-state index in [4.69, 9.17) is 5.11 Å². The average Bonchev–Trinajstić information content (AvgIpc) is 2.53. The number of halogens is 3. The number of alkyl halides is 3. The van der Waals surface area contributed by atoms with E-state index in [1.54, 1.807) is 0 Å². The predicted octanol–water partition coefficient (Wildman–Crippen LogP) is 2.21. The van der Waals surface area contributed by atoms with Crippen molar-refractivity contribution >= 4 is 5.97 Å². The van der Waals surface area contributed by atoms with E-state index < -0.39 is 35.4 Å². The van der Waals surface area contributed by atoms with E-state index in [9.17, 15) is 27.9 Å². The van der Waals surface area contributed by atoms with Gasteiger partial charge >= 0.3 is 12.1 Å². The highest BCUT2D eigenvalue weighted by molar-refractivity contribution is 5.87. The number of carboxylic acids is 1. The first-order valence-electron chi connectivity index (χ1n) is 6.94. The number of aliphatic hydroxyl groups is 1. The molecule has 0 saturated carbocycles. The van der Waals surface area contributed by atoms with Crippen molar-refractivity contribution in [3.05, 3.63) is 63.1 Å². The molecular weight excluding hydrogens is 339 g/mol. The number of nitrogens with zero attached hydrogens (tertiary/aromatic N) is 1. The monoisotopic (exact) mass is 351 g/mol. The van der Waals surface area contributed by atoms with E-state index in [1.165, 1.54) is 13.0 Å². The molecule has 0 fully saturated rings. The Morgan fingerprint density at radius 2 is 1.96 bits per heavy atom. The van der Waals surface area contributed by atoms with Crippen LogP contribution in [0.4, 0.5) is 13.2 Å². The molecule has 8 heteroatoms. The molecule has 25 heavy (non-hydrogen) atoms. The van der Waals surface area contributed by atoms with Crippen LogP contribution in [-0.4, -0.2) is 27.4 Å². The van der Waals surface area contributed by atoms with Gasteiger partial charge < -0.3 is 10.2 Å². The number of rotatable bonds is 2. The summed E-state index contributed by atoms with van der Waals surface area (Å²) in [4.78, 5) is 23.7. The third kappa shape index (κ3) is 3.72. The van der Waals surface area contributed by atoms with E-state index in [0.29, 0.717) is 0 Å². The Morgan fingerprint density at radius 1 is 1.28 bits per heavy atom. The standard InChI is InChI=1S/C17H12F3NO4/c1-10-11(4-3-7-22)8-14(16(24)25)15(23)21(10)13-6-2-5-12(9-13)17(18,19)20/h2,5-6,8-9,22H,7H2,1H3,(H,24,25). The Morgan fingerprint density at radius 3 is 2.52 bits per heavy atom. The molecule has 2 aromatic rings. The molecule has 130 valence electrons. The van der Waals surface area contributed by atoms with Crippen LogP contribution < -0.4 is 5.56 Å². The smallest absolute Gasteiger partial charge is 0.416 e. The van der Waals surface area contributed by atoms with E-state index in [-0.39, 0.29) is 16.9 Å². The molecule has 0 radical (unpaired) electrons. The van der Waals surface area contributed by atoms with Crippen molar-refractivity contribution in [1.29, 1.82) is 0 Å². The summed E-state index contributed by atoms with van der Waals surface area (Å²) in [7, 11) is 0. The number of carbonyl (C=O) groups is 1. The summed E-state index contributed by atoms with van der Waals surface area (Å²) in [5.41, 5.74) is -2.43. The van der Waals surface area contributed by atoms with Crippen molar-refractivity contribution in [1.82, 2.24) is 4.57 Å². The molecule has 0 aliphatic heterocycles. The van der Waals surface area contributed by atoms with Crippen LogP contribution in [0.2, 0.25) is 0 Å². The van der Waals surface area contributed by atoms with Crippen molar-refractivity contribution in [2.75, 3.05) is 6.61 Å². The lowest BCUT2D eigenvalue weighted by Gasteiger charge is -2.15. The molecule has 2 N–H and O–H groups in total. The minimum atomic E-state index is -4.61. The van der Waals surface area contributed by atoms with Crippen molar-refractivity contribution in [3.8, 4) is 17.5 Å². The Bertz CT molecular complexity index is 949. The molecular formula is C17H12F3NO4. The van der Waals surface area contributed by atoms with Crippen molar-refractivity contribution < 1.29 is 28.2 Å². The summed E-state index contributed by atoms with van der Waals surface area (Å²) in [6.07, 6.45) is -4.61. The number of aromatic nitrogens is 1. The lowest BCUT2D eigenvalue weighted by molar-refractivity contribution is -0.137. The number of carboxylic acid groups (broad SMARTS) is 1. The molecule has 0 saturated heterocycles. The zero-order chi connectivity index (χ0) is 18.8. The number of aliphatic hydroxyl groups excluding tert-OH is 1. The van der Waals surface area contributed by atoms with Gasteiger partial charge in [0.2, 0.25) is 0 Å². The van der Waals surface area contributed by atoms with Gasteiger partial charge in [0.1, 0.15) is 12.2 Å². The highest BCUT2D eigenvalue weighted by atomic mass is 19.4. The maximum Gasteiger partial charge on any atom is 0.416 e. The predicted molar refractivity (Wildman–Crippen MR) is 82.7 cm³/mol. The van der Waals surface area contributed by atoms with Gasteiger partial charge in [0.25, 0.3) is 5.56 Å². The fourth-order valence-corrected chi connectivity index (χ4v) is 2.25. The average molecular weight is 351 g/mol. The molecule has 1 heterocycles. The van der Waals surface area contributed by atoms with Gasteiger partial charge in [-0.1, -0.05) is 17.9 Å². The van der Waals surface area contributed by atoms with Gasteiger partial charge in [0.15, 0.2) is 0 Å². The largest absolute Gasteiger partial charge is 0.477 e. The van der Waals surface area contributed by atoms with Crippen LogP contribution in [0, 0.1) is 18.8 Å². The van der Waals surface area contributed by atoms with Gasteiger partial charge in [-0.2, -0.15) is 13.2 Å². The fraction of sp³-hybridized carbons (Fsp3) is 0.176. The lowest BCUT2D eigenvalue weighted by atomic mass is 10.1. The van der Waals surface area contributed by atoms with E-state index in [2.05, 4.69) is 11.8 Å². The highest BCUT2D eigenvalue weighted by Crippen LogP contribution is 2.30. The van der Waals surface area contributed by atoms with E-state index in [0.717, 1.165) is 28.8 Å². The first-order valence-corrected chi connectivity index (χ1v) is 6.94. The summed E-state index contributed by atoms with van der Waals surface area (Å²) in [5, 5.41) is 18.0. The summed E-state index contributed by atoms with van der Waals surface area (Å²) in [6.45, 7) is 0.930. The van der Waals surface area contributed by atoms with Gasteiger partial charge in [-0.25, -0.2) is 4.79 Å². The number of hydrogen-bond donors (Lipinski definition) is 2. The molecule has 0 bridgehead atoms. The Hall–Kier alpha value is -3.05. The van der Waals surface area contributed by atoms with Crippen LogP contribution in [0.15, 0.2) is 35.1 Å². The first kappa shape index (κ1) is 18.3. The quantitative estimate of drug-likeness (QED) is 0.813. The molecule has 0 aliphatic rings. The minimum Gasteiger partial charge on any atom is -0.477 e. The van der Waals surface area contributed by atoms with Gasteiger partial charge in [-0.15, -0.1) is 0 Å². The third-order valence-corrected chi connectivity index (χ3v) is 3.41. The number of hydrogen-bond acceptors (Lipinski definition) is 3. The molecule has 0 spiro atoms. The first-order chi connectivity index (χ1) is 11.7. The Kier molecular flexibility index (Phi) is 4.99. The second-order valence-electron chi connectivity index (χ2n) is 5.01. The van der Waals surface area contributed by atoms with Gasteiger partial charge in [-0.05, 0) is 31.2 Å². The van der Waals surface area contributed by atoms with E-state index >= 15 is 0 Å².